The van der Waals surface area contributed by atoms with Gasteiger partial charge < -0.3 is 0 Å². The van der Waals surface area contributed by atoms with Gasteiger partial charge in [-0.3, -0.25) is 0 Å². The molecule has 0 amide bonds. The van der Waals surface area contributed by atoms with Crippen LogP contribution in [0.2, 0.25) is 0 Å². The van der Waals surface area contributed by atoms with Gasteiger partial charge >= 0.3 is 0 Å². The third-order valence-corrected chi connectivity index (χ3v) is 3.04. The molecule has 14 heavy (non-hydrogen) atoms. The molecule has 0 aliphatic heterocycles. The van der Waals surface area contributed by atoms with Crippen LogP contribution in [0.5, 0.6) is 0 Å². The van der Waals surface area contributed by atoms with Crippen LogP contribution in [0.3, 0.4) is 0 Å². The Morgan fingerprint density at radius 1 is 0.786 bits per heavy atom. The number of unbranched alkanes of at least 4 members (excludes halogenated alkanes) is 7. The zero-order valence-corrected chi connectivity index (χ0v) is 9.81. The molecule has 0 saturated heterocycles. The zero-order valence-electron chi connectivity index (χ0n) is 9.00. The van der Waals surface area contributed by atoms with Gasteiger partial charge in [-0.25, -0.2) is 0 Å². The van der Waals surface area contributed by atoms with Crippen molar-refractivity contribution in [3.05, 3.63) is 0 Å². The van der Waals surface area contributed by atoms with Crippen LogP contribution in [0.25, 0.3) is 0 Å². The van der Waals surface area contributed by atoms with E-state index in [4.69, 9.17) is 0 Å². The van der Waals surface area contributed by atoms with E-state index in [1.807, 2.05) is 0 Å². The zero-order chi connectivity index (χ0) is 10.9. The van der Waals surface area contributed by atoms with Crippen molar-refractivity contribution in [3.8, 4) is 0 Å². The van der Waals surface area contributed by atoms with Crippen LogP contribution in [-0.4, -0.2) is 14.2 Å². The smallest absolute Gasteiger partial charge is 0.197 e. The van der Waals surface area contributed by atoms with Crippen molar-refractivity contribution >= 4 is 10.1 Å². The lowest BCUT2D eigenvalue weighted by atomic mass is 10.1. The maximum absolute atomic E-state index is 10.2. The predicted molar refractivity (Wildman–Crippen MR) is 57.1 cm³/mol. The third-order valence-electron chi connectivity index (χ3n) is 2.25. The molecule has 0 aromatic carbocycles. The minimum Gasteiger partial charge on any atom is -0.197 e. The van der Waals surface area contributed by atoms with E-state index in [1.54, 1.807) is 0 Å². The quantitative estimate of drug-likeness (QED) is 0.562. The van der Waals surface area contributed by atoms with Gasteiger partial charge in [0.05, 0.1) is 5.75 Å². The molecule has 0 rings (SSSR count). The second-order valence-electron chi connectivity index (χ2n) is 3.74. The molecule has 85 valence electrons. The van der Waals surface area contributed by atoms with Gasteiger partial charge in [-0.15, -0.1) is 0 Å². The average Bonchev–Trinajstić information content (AvgIpc) is 2.08. The summed E-state index contributed by atoms with van der Waals surface area (Å²) in [5.74, 6) is -0.193. The standard InChI is InChI=1S/C10H21O3S/c1-2-3-4-5-6-7-8-9-10-14(11,12)13/h2-10H2,1H3. The Balaban J connectivity index is 3.07. The number of rotatable bonds is 9. The molecule has 1 radical (unpaired) electrons. The molecule has 0 bridgehead atoms. The fourth-order valence-corrected chi connectivity index (χ4v) is 1.97. The summed E-state index contributed by atoms with van der Waals surface area (Å²) in [4.78, 5) is 0. The Labute approximate surface area is 87.7 Å². The molecule has 0 aliphatic carbocycles. The molecule has 0 N–H and O–H groups in total. The fourth-order valence-electron chi connectivity index (χ4n) is 1.41. The van der Waals surface area contributed by atoms with Gasteiger partial charge in [-0.05, 0) is 6.42 Å². The highest BCUT2D eigenvalue weighted by Crippen LogP contribution is 2.08. The highest BCUT2D eigenvalue weighted by molar-refractivity contribution is 7.85. The van der Waals surface area contributed by atoms with E-state index < -0.39 is 10.1 Å². The van der Waals surface area contributed by atoms with Crippen molar-refractivity contribution in [2.75, 3.05) is 5.75 Å². The van der Waals surface area contributed by atoms with Crippen molar-refractivity contribution in [2.24, 2.45) is 0 Å². The van der Waals surface area contributed by atoms with Crippen molar-refractivity contribution in [1.82, 2.24) is 0 Å². The van der Waals surface area contributed by atoms with Gasteiger partial charge in [0, 0.05) is 0 Å². The number of hydrogen-bond acceptors (Lipinski definition) is 2. The average molecular weight is 221 g/mol. The van der Waals surface area contributed by atoms with E-state index in [1.165, 1.54) is 32.1 Å². The van der Waals surface area contributed by atoms with Gasteiger partial charge in [0.2, 0.25) is 0 Å². The minimum atomic E-state index is -3.98. The highest BCUT2D eigenvalue weighted by Gasteiger charge is 2.04. The normalized spacial score (nSPS) is 11.9. The van der Waals surface area contributed by atoms with Crippen LogP contribution < -0.4 is 0 Å². The van der Waals surface area contributed by atoms with Crippen LogP contribution in [-0.2, 0) is 14.7 Å². The summed E-state index contributed by atoms with van der Waals surface area (Å²) in [6.07, 6.45) is 8.66. The SMILES string of the molecule is CCCCCCCCCCS([O])(=O)=O. The summed E-state index contributed by atoms with van der Waals surface area (Å²) in [7, 11) is -3.98. The lowest BCUT2D eigenvalue weighted by molar-refractivity contribution is 0.412. The molecule has 3 nitrogen and oxygen atoms in total. The molecule has 0 aromatic heterocycles. The van der Waals surface area contributed by atoms with Gasteiger partial charge in [-0.2, -0.15) is 8.42 Å². The summed E-state index contributed by atoms with van der Waals surface area (Å²) < 4.78 is 30.7. The molecule has 0 spiro atoms. The third kappa shape index (κ3) is 11.9. The molecule has 0 fully saturated rings. The monoisotopic (exact) mass is 221 g/mol. The van der Waals surface area contributed by atoms with E-state index in [2.05, 4.69) is 6.92 Å². The predicted octanol–water partition coefficient (Wildman–Crippen LogP) is 2.89. The topological polar surface area (TPSA) is 54.0 Å². The van der Waals surface area contributed by atoms with Gasteiger partial charge in [0.1, 0.15) is 0 Å². The highest BCUT2D eigenvalue weighted by atomic mass is 32.2. The summed E-state index contributed by atoms with van der Waals surface area (Å²) in [5, 5.41) is 0. The molecule has 0 aromatic rings. The Hall–Kier alpha value is -0.0900. The van der Waals surface area contributed by atoms with Gasteiger partial charge in [-0.1, -0.05) is 56.4 Å². The molecule has 0 aliphatic rings. The van der Waals surface area contributed by atoms with Crippen molar-refractivity contribution in [3.63, 3.8) is 0 Å². The molecule has 0 unspecified atom stereocenters. The number of hydrogen-bond donors (Lipinski definition) is 0. The van der Waals surface area contributed by atoms with Crippen molar-refractivity contribution in [1.29, 1.82) is 0 Å². The van der Waals surface area contributed by atoms with E-state index in [0.717, 1.165) is 12.8 Å². The second kappa shape index (κ2) is 8.24. The Bertz CT molecular complexity index is 209. The first-order valence-electron chi connectivity index (χ1n) is 5.50. The van der Waals surface area contributed by atoms with E-state index in [-0.39, 0.29) is 5.75 Å². The van der Waals surface area contributed by atoms with E-state index in [9.17, 15) is 13.0 Å². The Kier molecular flexibility index (Phi) is 8.18. The lowest BCUT2D eigenvalue weighted by Crippen LogP contribution is -2.01. The van der Waals surface area contributed by atoms with Crippen LogP contribution in [0, 0.1) is 0 Å². The molecular formula is C10H21O3S. The first kappa shape index (κ1) is 13.9. The largest absolute Gasteiger partial charge is 0.294 e. The van der Waals surface area contributed by atoms with Gasteiger partial charge in [0.25, 0.3) is 10.1 Å². The first-order chi connectivity index (χ1) is 6.56. The van der Waals surface area contributed by atoms with Crippen LogP contribution in [0.1, 0.15) is 58.3 Å². The maximum Gasteiger partial charge on any atom is 0.294 e. The minimum absolute atomic E-state index is 0.193. The summed E-state index contributed by atoms with van der Waals surface area (Å²) >= 11 is 0. The maximum atomic E-state index is 10.2. The van der Waals surface area contributed by atoms with Crippen molar-refractivity contribution in [2.45, 2.75) is 58.3 Å². The van der Waals surface area contributed by atoms with Crippen LogP contribution in [0.15, 0.2) is 0 Å². The summed E-state index contributed by atoms with van der Waals surface area (Å²) in [6.45, 7) is 2.18. The summed E-state index contributed by atoms with van der Waals surface area (Å²) in [6, 6.07) is 0. The van der Waals surface area contributed by atoms with Crippen molar-refractivity contribution < 1.29 is 13.0 Å². The van der Waals surface area contributed by atoms with Crippen LogP contribution >= 0.6 is 0 Å². The second-order valence-corrected chi connectivity index (χ2v) is 5.26. The molecule has 0 heterocycles. The Morgan fingerprint density at radius 2 is 1.21 bits per heavy atom. The summed E-state index contributed by atoms with van der Waals surface area (Å²) in [5.41, 5.74) is 0. The first-order valence-corrected chi connectivity index (χ1v) is 7.07. The Morgan fingerprint density at radius 3 is 1.64 bits per heavy atom. The molecule has 0 saturated carbocycles. The van der Waals surface area contributed by atoms with E-state index >= 15 is 0 Å². The lowest BCUT2D eigenvalue weighted by Gasteiger charge is -1.99. The molecular weight excluding hydrogens is 200 g/mol. The fraction of sp³-hybridized carbons (Fsp3) is 1.00. The van der Waals surface area contributed by atoms with Gasteiger partial charge in [0.15, 0.2) is 0 Å². The van der Waals surface area contributed by atoms with Crippen LogP contribution in [0.4, 0.5) is 0 Å². The molecule has 4 heteroatoms. The molecule has 0 atom stereocenters. The van der Waals surface area contributed by atoms with E-state index in [0.29, 0.717) is 6.42 Å².